The van der Waals surface area contributed by atoms with E-state index in [1.807, 2.05) is 0 Å². The standard InChI is InChI=1S/C5H13NO2P.C4H6O2/c1-6(2,3)4-5-8-9-7;1-3-4(5)6-2/h4-5H2,1-3H3;3H,1H2,2H3/q+1;. The molecule has 0 aliphatic carbocycles. The van der Waals surface area contributed by atoms with Gasteiger partial charge < -0.3 is 9.22 Å². The fourth-order valence-corrected chi connectivity index (χ4v) is 0.591. The van der Waals surface area contributed by atoms with Crippen molar-refractivity contribution in [2.24, 2.45) is 0 Å². The average Bonchev–Trinajstić information content (AvgIpc) is 2.16. The molecule has 5 nitrogen and oxygen atoms in total. The highest BCUT2D eigenvalue weighted by Crippen LogP contribution is 1.96. The fraction of sp³-hybridized carbons (Fsp3) is 0.667. The lowest BCUT2D eigenvalue weighted by Crippen LogP contribution is -2.37. The quantitative estimate of drug-likeness (QED) is 0.237. The van der Waals surface area contributed by atoms with Crippen LogP contribution in [0, 0.1) is 0 Å². The second kappa shape index (κ2) is 9.77. The zero-order chi connectivity index (χ0) is 12.3. The number of esters is 1. The minimum absolute atomic E-state index is 0.217. The van der Waals surface area contributed by atoms with Crippen molar-refractivity contribution in [2.75, 3.05) is 41.4 Å². The van der Waals surface area contributed by atoms with Gasteiger partial charge in [0.1, 0.15) is 13.2 Å². The summed E-state index contributed by atoms with van der Waals surface area (Å²) in [6.07, 6.45) is 1.11. The van der Waals surface area contributed by atoms with Crippen LogP contribution in [0.1, 0.15) is 0 Å². The summed E-state index contributed by atoms with van der Waals surface area (Å²) >= 11 is 0. The number of hydrogen-bond acceptors (Lipinski definition) is 4. The van der Waals surface area contributed by atoms with Gasteiger partial charge in [0.05, 0.1) is 28.3 Å². The van der Waals surface area contributed by atoms with Gasteiger partial charge in [-0.2, -0.15) is 0 Å². The molecule has 0 spiro atoms. The molecule has 6 heteroatoms. The molecule has 0 aliphatic rings. The molecule has 88 valence electrons. The van der Waals surface area contributed by atoms with E-state index in [0.29, 0.717) is 6.61 Å². The number of quaternary nitrogens is 1. The van der Waals surface area contributed by atoms with E-state index < -0.39 is 5.97 Å². The Morgan fingerprint density at radius 2 is 2.00 bits per heavy atom. The Labute approximate surface area is 92.5 Å². The SMILES string of the molecule is C=CC(=O)OC.C[N+](C)(C)CCOP=O. The number of nitrogens with zero attached hydrogens (tertiary/aromatic N) is 1. The Bertz CT molecular complexity index is 201. The van der Waals surface area contributed by atoms with Gasteiger partial charge in [-0.05, 0) is 0 Å². The predicted molar refractivity (Wildman–Crippen MR) is 58.7 cm³/mol. The van der Waals surface area contributed by atoms with Crippen LogP contribution >= 0.6 is 8.69 Å². The molecule has 0 amide bonds. The molecule has 0 N–H and O–H groups in total. The summed E-state index contributed by atoms with van der Waals surface area (Å²) in [4.78, 5) is 9.84. The van der Waals surface area contributed by atoms with Crippen LogP contribution in [0.3, 0.4) is 0 Å². The van der Waals surface area contributed by atoms with Crippen molar-refractivity contribution in [3.8, 4) is 0 Å². The number of methoxy groups -OCH3 is 1. The summed E-state index contributed by atoms with van der Waals surface area (Å²) in [5, 5.41) is 0. The number of likely N-dealkylation sites (N-methyl/N-ethyl adjacent to an activating group) is 1. The smallest absolute Gasteiger partial charge is 0.329 e. The van der Waals surface area contributed by atoms with E-state index in [9.17, 15) is 9.36 Å². The van der Waals surface area contributed by atoms with Crippen LogP contribution in [0.15, 0.2) is 12.7 Å². The van der Waals surface area contributed by atoms with Crippen molar-refractivity contribution in [3.05, 3.63) is 12.7 Å². The zero-order valence-electron chi connectivity index (χ0n) is 9.73. The zero-order valence-corrected chi connectivity index (χ0v) is 10.6. The predicted octanol–water partition coefficient (Wildman–Crippen LogP) is 1.26. The van der Waals surface area contributed by atoms with Crippen molar-refractivity contribution in [1.29, 1.82) is 0 Å². The van der Waals surface area contributed by atoms with E-state index in [0.717, 1.165) is 17.1 Å². The first kappa shape index (κ1) is 16.7. The lowest BCUT2D eigenvalue weighted by Gasteiger charge is -2.22. The van der Waals surface area contributed by atoms with Crippen LogP contribution in [-0.2, 0) is 18.6 Å². The molecule has 0 rings (SSSR count). The van der Waals surface area contributed by atoms with Crippen LogP contribution in [0.25, 0.3) is 0 Å². The van der Waals surface area contributed by atoms with E-state index in [4.69, 9.17) is 0 Å². The van der Waals surface area contributed by atoms with Gasteiger partial charge >= 0.3 is 14.7 Å². The lowest BCUT2D eigenvalue weighted by atomic mass is 10.5. The van der Waals surface area contributed by atoms with Gasteiger partial charge in [-0.3, -0.25) is 4.52 Å². The molecule has 0 bridgehead atoms. The van der Waals surface area contributed by atoms with Crippen molar-refractivity contribution >= 4 is 14.7 Å². The van der Waals surface area contributed by atoms with Crippen LogP contribution in [0.2, 0.25) is 0 Å². The molecule has 0 aromatic carbocycles. The maximum Gasteiger partial charge on any atom is 0.329 e. The summed E-state index contributed by atoms with van der Waals surface area (Å²) in [6, 6.07) is 0. The van der Waals surface area contributed by atoms with E-state index in [2.05, 4.69) is 37.0 Å². The highest BCUT2D eigenvalue weighted by atomic mass is 31.1. The van der Waals surface area contributed by atoms with Gasteiger partial charge in [-0.25, -0.2) is 9.36 Å². The maximum atomic E-state index is 9.84. The van der Waals surface area contributed by atoms with Crippen molar-refractivity contribution in [1.82, 2.24) is 0 Å². The number of rotatable bonds is 5. The summed E-state index contributed by atoms with van der Waals surface area (Å²) in [7, 11) is 7.27. The van der Waals surface area contributed by atoms with E-state index >= 15 is 0 Å². The van der Waals surface area contributed by atoms with Gasteiger partial charge in [-0.15, -0.1) is 0 Å². The van der Waals surface area contributed by atoms with Crippen LogP contribution in [0.5, 0.6) is 0 Å². The van der Waals surface area contributed by atoms with Gasteiger partial charge in [0.15, 0.2) is 0 Å². The van der Waals surface area contributed by atoms with E-state index in [1.54, 1.807) is 0 Å². The van der Waals surface area contributed by atoms with Gasteiger partial charge in [0, 0.05) is 6.08 Å². The third kappa shape index (κ3) is 19.6. The van der Waals surface area contributed by atoms with E-state index in [1.165, 1.54) is 7.11 Å². The first-order valence-electron chi connectivity index (χ1n) is 4.33. The number of hydrogen-bond donors (Lipinski definition) is 0. The molecular weight excluding hydrogens is 217 g/mol. The molecule has 0 fully saturated rings. The third-order valence-corrected chi connectivity index (χ3v) is 1.56. The molecule has 0 aliphatic heterocycles. The summed E-state index contributed by atoms with van der Waals surface area (Å²) in [6.45, 7) is 4.59. The fourth-order valence-electron chi connectivity index (χ4n) is 0.435. The second-order valence-electron chi connectivity index (χ2n) is 3.65. The second-order valence-corrected chi connectivity index (χ2v) is 4.06. The topological polar surface area (TPSA) is 52.6 Å². The highest BCUT2D eigenvalue weighted by Gasteiger charge is 2.04. The normalized spacial score (nSPS) is 10.1. The van der Waals surface area contributed by atoms with Gasteiger partial charge in [0.2, 0.25) is 0 Å². The number of carbonyl (C=O) groups excluding carboxylic acids is 1. The first-order chi connectivity index (χ1) is 6.87. The Hall–Kier alpha value is -0.770. The minimum atomic E-state index is -0.394. The number of ether oxygens (including phenoxy) is 1. The number of carbonyl (C=O) groups is 1. The van der Waals surface area contributed by atoms with Gasteiger partial charge in [0.25, 0.3) is 0 Å². The van der Waals surface area contributed by atoms with Crippen LogP contribution < -0.4 is 0 Å². The largest absolute Gasteiger partial charge is 0.466 e. The monoisotopic (exact) mass is 236 g/mol. The maximum absolute atomic E-state index is 9.84. The Morgan fingerprint density at radius 1 is 1.47 bits per heavy atom. The summed E-state index contributed by atoms with van der Waals surface area (Å²) in [5.41, 5.74) is 0. The molecule has 15 heavy (non-hydrogen) atoms. The molecule has 0 saturated carbocycles. The molecular formula is C9H19NO4P+. The third-order valence-electron chi connectivity index (χ3n) is 1.27. The van der Waals surface area contributed by atoms with Crippen LogP contribution in [-0.4, -0.2) is 51.9 Å². The molecule has 0 aromatic rings. The molecule has 0 heterocycles. The Balaban J connectivity index is 0. The van der Waals surface area contributed by atoms with E-state index in [-0.39, 0.29) is 8.69 Å². The summed E-state index contributed by atoms with van der Waals surface area (Å²) < 4.78 is 19.4. The lowest BCUT2D eigenvalue weighted by molar-refractivity contribution is -0.870. The van der Waals surface area contributed by atoms with Crippen molar-refractivity contribution in [3.63, 3.8) is 0 Å². The Morgan fingerprint density at radius 3 is 2.20 bits per heavy atom. The molecule has 0 radical (unpaired) electrons. The first-order valence-corrected chi connectivity index (χ1v) is 5.06. The van der Waals surface area contributed by atoms with Crippen molar-refractivity contribution < 1.29 is 23.1 Å². The summed E-state index contributed by atoms with van der Waals surface area (Å²) in [5.74, 6) is -0.394. The van der Waals surface area contributed by atoms with Gasteiger partial charge in [-0.1, -0.05) is 6.58 Å². The highest BCUT2D eigenvalue weighted by molar-refractivity contribution is 7.17. The Kier molecular flexibility index (Phi) is 10.8. The van der Waals surface area contributed by atoms with Crippen molar-refractivity contribution in [2.45, 2.75) is 0 Å². The molecule has 0 atom stereocenters. The van der Waals surface area contributed by atoms with Crippen LogP contribution in [0.4, 0.5) is 0 Å². The minimum Gasteiger partial charge on any atom is -0.466 e. The average molecular weight is 236 g/mol. The molecule has 0 saturated heterocycles. The molecule has 0 unspecified atom stereocenters. The molecule has 0 aromatic heterocycles.